The van der Waals surface area contributed by atoms with E-state index in [1.54, 1.807) is 0 Å². The summed E-state index contributed by atoms with van der Waals surface area (Å²) in [6.07, 6.45) is 21.4. The zero-order valence-electron chi connectivity index (χ0n) is 13.3. The molecule has 0 aromatic heterocycles. The summed E-state index contributed by atoms with van der Waals surface area (Å²) >= 11 is 0. The van der Waals surface area contributed by atoms with Gasteiger partial charge in [0.15, 0.2) is 0 Å². The number of hydrogen-bond donors (Lipinski definition) is 1. The molecule has 0 spiro atoms. The second kappa shape index (κ2) is 20.8. The first kappa shape index (κ1) is 21.7. The lowest BCUT2D eigenvalue weighted by molar-refractivity contribution is 0.533. The maximum absolute atomic E-state index is 5.48. The fraction of sp³-hybridized carbons (Fsp3) is 1.00. The lowest BCUT2D eigenvalue weighted by atomic mass is 10.0. The molecule has 0 radical (unpaired) electrons. The predicted octanol–water partition coefficient (Wildman–Crippen LogP) is 6.39. The van der Waals surface area contributed by atoms with Gasteiger partial charge in [0, 0.05) is 0 Å². The van der Waals surface area contributed by atoms with E-state index in [0.717, 1.165) is 6.54 Å². The average molecular weight is 336 g/mol. The molecule has 0 aromatic rings. The van der Waals surface area contributed by atoms with E-state index in [9.17, 15) is 0 Å². The third-order valence-electron chi connectivity index (χ3n) is 3.81. The van der Waals surface area contributed by atoms with Crippen LogP contribution in [-0.2, 0) is 0 Å². The van der Waals surface area contributed by atoms with Gasteiger partial charge in [0.05, 0.1) is 0 Å². The van der Waals surface area contributed by atoms with Crippen LogP contribution in [0, 0.1) is 0 Å². The van der Waals surface area contributed by atoms with Crippen LogP contribution in [0.15, 0.2) is 0 Å². The molecule has 19 heavy (non-hydrogen) atoms. The number of rotatable bonds is 15. The molecule has 1 nitrogen and oxygen atoms in total. The SMILES string of the molecule is Br.CCCCCCCCCCCCCCCCCN. The average Bonchev–Trinajstić information content (AvgIpc) is 2.39. The summed E-state index contributed by atoms with van der Waals surface area (Å²) < 4.78 is 0. The Morgan fingerprint density at radius 3 is 1.00 bits per heavy atom. The molecule has 0 fully saturated rings. The molecule has 2 N–H and O–H groups in total. The summed E-state index contributed by atoms with van der Waals surface area (Å²) in [6.45, 7) is 3.16. The van der Waals surface area contributed by atoms with Crippen LogP contribution in [0.5, 0.6) is 0 Å². The molecule has 0 aliphatic rings. The Morgan fingerprint density at radius 2 is 0.737 bits per heavy atom. The Bertz CT molecular complexity index is 123. The Balaban J connectivity index is 0. The fourth-order valence-corrected chi connectivity index (χ4v) is 2.52. The highest BCUT2D eigenvalue weighted by atomic mass is 79.9. The lowest BCUT2D eigenvalue weighted by Crippen LogP contribution is -1.97. The Kier molecular flexibility index (Phi) is 23.7. The van der Waals surface area contributed by atoms with Crippen LogP contribution in [0.3, 0.4) is 0 Å². The van der Waals surface area contributed by atoms with Crippen molar-refractivity contribution in [1.29, 1.82) is 0 Å². The van der Waals surface area contributed by atoms with Crippen molar-refractivity contribution in [2.75, 3.05) is 6.54 Å². The summed E-state index contributed by atoms with van der Waals surface area (Å²) in [7, 11) is 0. The summed E-state index contributed by atoms with van der Waals surface area (Å²) in [5, 5.41) is 0. The second-order valence-electron chi connectivity index (χ2n) is 5.74. The number of hydrogen-bond acceptors (Lipinski definition) is 1. The molecule has 0 aliphatic carbocycles. The smallest absolute Gasteiger partial charge is 0.00773 e. The number of halogens is 1. The van der Waals surface area contributed by atoms with Gasteiger partial charge in [0.2, 0.25) is 0 Å². The van der Waals surface area contributed by atoms with E-state index in [4.69, 9.17) is 5.73 Å². The van der Waals surface area contributed by atoms with Gasteiger partial charge in [0.25, 0.3) is 0 Å². The van der Waals surface area contributed by atoms with Gasteiger partial charge < -0.3 is 5.73 Å². The number of unbranched alkanes of at least 4 members (excludes halogenated alkanes) is 14. The van der Waals surface area contributed by atoms with E-state index in [1.807, 2.05) is 0 Å². The fourth-order valence-electron chi connectivity index (χ4n) is 2.52. The molecule has 0 aromatic carbocycles. The van der Waals surface area contributed by atoms with Crippen LogP contribution < -0.4 is 5.73 Å². The number of nitrogens with two attached hydrogens (primary N) is 1. The first-order valence-corrected chi connectivity index (χ1v) is 8.62. The highest BCUT2D eigenvalue weighted by molar-refractivity contribution is 8.93. The van der Waals surface area contributed by atoms with E-state index in [1.165, 1.54) is 96.3 Å². The van der Waals surface area contributed by atoms with Gasteiger partial charge in [-0.25, -0.2) is 0 Å². The molecule has 0 rings (SSSR count). The van der Waals surface area contributed by atoms with Crippen molar-refractivity contribution >= 4 is 17.0 Å². The summed E-state index contributed by atoms with van der Waals surface area (Å²) in [4.78, 5) is 0. The van der Waals surface area contributed by atoms with Crippen molar-refractivity contribution in [1.82, 2.24) is 0 Å². The molecular formula is C17H38BrN. The van der Waals surface area contributed by atoms with Crippen molar-refractivity contribution in [3.63, 3.8) is 0 Å². The van der Waals surface area contributed by atoms with Gasteiger partial charge in [0.1, 0.15) is 0 Å². The Labute approximate surface area is 132 Å². The van der Waals surface area contributed by atoms with Crippen molar-refractivity contribution in [3.8, 4) is 0 Å². The molecule has 0 atom stereocenters. The van der Waals surface area contributed by atoms with Crippen LogP contribution >= 0.6 is 17.0 Å². The highest BCUT2D eigenvalue weighted by Crippen LogP contribution is 2.13. The largest absolute Gasteiger partial charge is 0.330 e. The van der Waals surface area contributed by atoms with Crippen LogP contribution in [-0.4, -0.2) is 6.54 Å². The molecule has 118 valence electrons. The minimum atomic E-state index is 0. The molecule has 2 heteroatoms. The van der Waals surface area contributed by atoms with E-state index in [0.29, 0.717) is 0 Å². The Hall–Kier alpha value is 0.440. The summed E-state index contributed by atoms with van der Waals surface area (Å²) in [5.74, 6) is 0. The van der Waals surface area contributed by atoms with Crippen molar-refractivity contribution in [2.24, 2.45) is 5.73 Å². The normalized spacial score (nSPS) is 10.4. The summed E-state index contributed by atoms with van der Waals surface area (Å²) in [5.41, 5.74) is 5.48. The van der Waals surface area contributed by atoms with E-state index < -0.39 is 0 Å². The van der Waals surface area contributed by atoms with E-state index >= 15 is 0 Å². The lowest BCUT2D eigenvalue weighted by Gasteiger charge is -2.03. The standard InChI is InChI=1S/C17H37N.BrH/c1-2-3-4-5-6-7-8-9-10-11-12-13-14-15-16-17-18;/h2-18H2,1H3;1H. The molecule has 0 saturated heterocycles. The van der Waals surface area contributed by atoms with Crippen molar-refractivity contribution in [3.05, 3.63) is 0 Å². The zero-order valence-corrected chi connectivity index (χ0v) is 15.0. The maximum atomic E-state index is 5.48. The van der Waals surface area contributed by atoms with Crippen LogP contribution in [0.4, 0.5) is 0 Å². The van der Waals surface area contributed by atoms with Gasteiger partial charge >= 0.3 is 0 Å². The monoisotopic (exact) mass is 335 g/mol. The minimum absolute atomic E-state index is 0. The third kappa shape index (κ3) is 20.9. The molecular weight excluding hydrogens is 298 g/mol. The van der Waals surface area contributed by atoms with E-state index in [-0.39, 0.29) is 17.0 Å². The molecule has 0 saturated carbocycles. The van der Waals surface area contributed by atoms with Gasteiger partial charge in [-0.3, -0.25) is 0 Å². The van der Waals surface area contributed by atoms with Gasteiger partial charge in [-0.1, -0.05) is 96.8 Å². The third-order valence-corrected chi connectivity index (χ3v) is 3.81. The van der Waals surface area contributed by atoms with Crippen LogP contribution in [0.25, 0.3) is 0 Å². The molecule has 0 unspecified atom stereocenters. The first-order chi connectivity index (χ1) is 8.91. The first-order valence-electron chi connectivity index (χ1n) is 8.62. The molecule has 0 heterocycles. The second-order valence-corrected chi connectivity index (χ2v) is 5.74. The minimum Gasteiger partial charge on any atom is -0.330 e. The predicted molar refractivity (Wildman–Crippen MR) is 94.3 cm³/mol. The quantitative estimate of drug-likeness (QED) is 0.344. The van der Waals surface area contributed by atoms with E-state index in [2.05, 4.69) is 6.92 Å². The van der Waals surface area contributed by atoms with Crippen LogP contribution in [0.1, 0.15) is 103 Å². The van der Waals surface area contributed by atoms with Gasteiger partial charge in [-0.2, -0.15) is 0 Å². The molecule has 0 bridgehead atoms. The zero-order chi connectivity index (χ0) is 13.3. The summed E-state index contributed by atoms with van der Waals surface area (Å²) in [6, 6.07) is 0. The van der Waals surface area contributed by atoms with Gasteiger partial charge in [-0.15, -0.1) is 17.0 Å². The maximum Gasteiger partial charge on any atom is -0.00773 e. The Morgan fingerprint density at radius 1 is 0.474 bits per heavy atom. The van der Waals surface area contributed by atoms with Crippen LogP contribution in [0.2, 0.25) is 0 Å². The van der Waals surface area contributed by atoms with Crippen molar-refractivity contribution in [2.45, 2.75) is 103 Å². The van der Waals surface area contributed by atoms with Crippen molar-refractivity contribution < 1.29 is 0 Å². The molecule has 0 aliphatic heterocycles. The topological polar surface area (TPSA) is 26.0 Å². The molecule has 0 amide bonds. The highest BCUT2D eigenvalue weighted by Gasteiger charge is 1.93. The van der Waals surface area contributed by atoms with Gasteiger partial charge in [-0.05, 0) is 13.0 Å².